The lowest BCUT2D eigenvalue weighted by molar-refractivity contribution is -0.131. The highest BCUT2D eigenvalue weighted by Crippen LogP contribution is 2.39. The Morgan fingerprint density at radius 3 is 2.56 bits per heavy atom. The van der Waals surface area contributed by atoms with Crippen LogP contribution >= 0.6 is 11.3 Å². The van der Waals surface area contributed by atoms with Crippen LogP contribution in [0.3, 0.4) is 0 Å². The van der Waals surface area contributed by atoms with Crippen LogP contribution in [0.2, 0.25) is 0 Å². The molecule has 7 rings (SSSR count). The summed E-state index contributed by atoms with van der Waals surface area (Å²) in [4.78, 5) is 39.0. The SMILES string of the molecule is Cc1cc2c(s1)Nc1ccccc1N=C2N1CCN(CCCCN2C(=O)NC3(CCc4ccccc4C3)C2=O)CC1. The molecule has 2 fully saturated rings. The molecule has 3 aromatic rings. The Labute approximate surface area is 245 Å². The number of amides is 3. The van der Waals surface area contributed by atoms with E-state index in [0.29, 0.717) is 19.4 Å². The lowest BCUT2D eigenvalue weighted by Gasteiger charge is -2.36. The van der Waals surface area contributed by atoms with E-state index in [4.69, 9.17) is 4.99 Å². The number of nitrogens with zero attached hydrogens (tertiary/aromatic N) is 4. The summed E-state index contributed by atoms with van der Waals surface area (Å²) >= 11 is 1.78. The number of imide groups is 1. The minimum Gasteiger partial charge on any atom is -0.353 e. The second kappa shape index (κ2) is 10.6. The van der Waals surface area contributed by atoms with Gasteiger partial charge in [-0.15, -0.1) is 11.3 Å². The monoisotopic (exact) mass is 568 g/mol. The number of fused-ring (bicyclic) bond motifs is 3. The minimum absolute atomic E-state index is 0.0473. The normalized spacial score (nSPS) is 22.0. The number of aliphatic imine (C=N–C) groups is 1. The number of carbonyl (C=O) groups excluding carboxylic acids is 2. The first kappa shape index (κ1) is 26.2. The van der Waals surface area contributed by atoms with Gasteiger partial charge in [-0.05, 0) is 68.5 Å². The number of amidine groups is 1. The molecule has 1 aliphatic carbocycles. The first-order valence-corrected chi connectivity index (χ1v) is 15.5. The second-order valence-corrected chi connectivity index (χ2v) is 12.9. The van der Waals surface area contributed by atoms with E-state index in [0.717, 1.165) is 74.2 Å². The zero-order valence-electron chi connectivity index (χ0n) is 23.5. The summed E-state index contributed by atoms with van der Waals surface area (Å²) in [7, 11) is 0. The molecule has 0 saturated carbocycles. The van der Waals surface area contributed by atoms with Crippen LogP contribution < -0.4 is 10.6 Å². The van der Waals surface area contributed by atoms with Crippen molar-refractivity contribution in [2.75, 3.05) is 44.6 Å². The fourth-order valence-electron chi connectivity index (χ4n) is 6.68. The summed E-state index contributed by atoms with van der Waals surface area (Å²) in [5.41, 5.74) is 4.91. The van der Waals surface area contributed by atoms with Crippen molar-refractivity contribution in [3.63, 3.8) is 0 Å². The highest BCUT2D eigenvalue weighted by molar-refractivity contribution is 7.16. The van der Waals surface area contributed by atoms with Gasteiger partial charge in [-0.25, -0.2) is 9.79 Å². The summed E-state index contributed by atoms with van der Waals surface area (Å²) < 4.78 is 0. The van der Waals surface area contributed by atoms with Crippen molar-refractivity contribution in [1.29, 1.82) is 0 Å². The topological polar surface area (TPSA) is 80.3 Å². The molecule has 212 valence electrons. The number of aryl methyl sites for hydroxylation is 2. The van der Waals surface area contributed by atoms with Crippen LogP contribution in [0.5, 0.6) is 0 Å². The van der Waals surface area contributed by atoms with Crippen LogP contribution in [-0.4, -0.2) is 77.3 Å². The van der Waals surface area contributed by atoms with Gasteiger partial charge in [0.15, 0.2) is 0 Å². The molecule has 4 aliphatic rings. The number of benzene rings is 2. The number of piperazine rings is 1. The van der Waals surface area contributed by atoms with Gasteiger partial charge in [0, 0.05) is 44.0 Å². The number of hydrogen-bond acceptors (Lipinski definition) is 7. The third-order valence-electron chi connectivity index (χ3n) is 8.93. The number of nitrogens with one attached hydrogen (secondary N) is 2. The highest BCUT2D eigenvalue weighted by Gasteiger charge is 2.52. The van der Waals surface area contributed by atoms with Crippen LogP contribution in [0, 0.1) is 6.92 Å². The van der Waals surface area contributed by atoms with Crippen molar-refractivity contribution in [2.24, 2.45) is 4.99 Å². The Balaban J connectivity index is 0.924. The molecule has 9 heteroatoms. The van der Waals surface area contributed by atoms with E-state index in [1.54, 1.807) is 11.3 Å². The maximum atomic E-state index is 13.4. The van der Waals surface area contributed by atoms with Crippen molar-refractivity contribution in [1.82, 2.24) is 20.0 Å². The Hall–Kier alpha value is -3.69. The number of urea groups is 1. The van der Waals surface area contributed by atoms with Gasteiger partial charge in [-0.2, -0.15) is 0 Å². The smallest absolute Gasteiger partial charge is 0.325 e. The molecule has 2 saturated heterocycles. The van der Waals surface area contributed by atoms with Gasteiger partial charge in [0.05, 0.1) is 16.9 Å². The van der Waals surface area contributed by atoms with Crippen molar-refractivity contribution in [3.05, 3.63) is 76.2 Å². The first-order chi connectivity index (χ1) is 20.0. The van der Waals surface area contributed by atoms with Gasteiger partial charge in [-0.1, -0.05) is 36.4 Å². The molecule has 4 heterocycles. The largest absolute Gasteiger partial charge is 0.353 e. The number of hydrogen-bond donors (Lipinski definition) is 2. The van der Waals surface area contributed by atoms with Gasteiger partial charge < -0.3 is 15.5 Å². The quantitative estimate of drug-likeness (QED) is 0.332. The van der Waals surface area contributed by atoms with E-state index in [1.807, 2.05) is 24.3 Å². The Morgan fingerprint density at radius 1 is 0.951 bits per heavy atom. The highest BCUT2D eigenvalue weighted by atomic mass is 32.1. The zero-order valence-corrected chi connectivity index (χ0v) is 24.3. The summed E-state index contributed by atoms with van der Waals surface area (Å²) in [6.07, 6.45) is 3.87. The van der Waals surface area contributed by atoms with E-state index >= 15 is 0 Å². The fourth-order valence-corrected chi connectivity index (χ4v) is 7.60. The van der Waals surface area contributed by atoms with Crippen LogP contribution in [0.4, 0.5) is 21.2 Å². The fraction of sp³-hybridized carbons (Fsp3) is 0.406. The molecule has 2 aromatic carbocycles. The van der Waals surface area contributed by atoms with Gasteiger partial charge >= 0.3 is 6.03 Å². The van der Waals surface area contributed by atoms with Gasteiger partial charge in [0.2, 0.25) is 0 Å². The summed E-state index contributed by atoms with van der Waals surface area (Å²) in [6, 6.07) is 18.5. The van der Waals surface area contributed by atoms with Crippen molar-refractivity contribution < 1.29 is 9.59 Å². The number of unbranched alkanes of at least 4 members (excludes halogenated alkanes) is 1. The van der Waals surface area contributed by atoms with Crippen LogP contribution in [0.15, 0.2) is 59.6 Å². The average molecular weight is 569 g/mol. The standard InChI is InChI=1S/C32H36N6O2S/c1-22-20-25-28(33-26-10-4-5-11-27(26)34-29(25)41-22)37-18-16-36(17-19-37)14-6-7-15-38-30(39)32(35-31(38)40)13-12-23-8-2-3-9-24(23)21-32/h2-5,8-11,20,34H,6-7,12-19,21H2,1H3,(H,35,40). The maximum absolute atomic E-state index is 13.4. The average Bonchev–Trinajstić information content (AvgIpc) is 3.40. The molecular weight excluding hydrogens is 532 g/mol. The second-order valence-electron chi connectivity index (χ2n) is 11.6. The van der Waals surface area contributed by atoms with E-state index in [-0.39, 0.29) is 11.9 Å². The lowest BCUT2D eigenvalue weighted by Crippen LogP contribution is -2.51. The molecule has 3 aliphatic heterocycles. The molecule has 41 heavy (non-hydrogen) atoms. The molecule has 1 aromatic heterocycles. The van der Waals surface area contributed by atoms with Crippen LogP contribution in [-0.2, 0) is 17.6 Å². The molecule has 0 bridgehead atoms. The molecule has 1 atom stereocenters. The van der Waals surface area contributed by atoms with E-state index < -0.39 is 5.54 Å². The Morgan fingerprint density at radius 2 is 1.71 bits per heavy atom. The molecule has 8 nitrogen and oxygen atoms in total. The number of rotatable bonds is 5. The van der Waals surface area contributed by atoms with E-state index in [9.17, 15) is 9.59 Å². The molecule has 3 amide bonds. The summed E-state index contributed by atoms with van der Waals surface area (Å²) in [6.45, 7) is 7.39. The molecule has 2 N–H and O–H groups in total. The molecule has 0 radical (unpaired) electrons. The number of thiophene rings is 1. The number of carbonyl (C=O) groups is 2. The third kappa shape index (κ3) is 4.91. The van der Waals surface area contributed by atoms with Crippen molar-refractivity contribution >= 4 is 45.5 Å². The summed E-state index contributed by atoms with van der Waals surface area (Å²) in [5.74, 6) is 1.01. The predicted octanol–water partition coefficient (Wildman–Crippen LogP) is 5.07. The predicted molar refractivity (Wildman–Crippen MR) is 164 cm³/mol. The van der Waals surface area contributed by atoms with E-state index in [1.165, 1.54) is 26.5 Å². The van der Waals surface area contributed by atoms with Gasteiger partial charge in [-0.3, -0.25) is 14.6 Å². The Bertz CT molecular complexity index is 1520. The Kier molecular flexibility index (Phi) is 6.79. The zero-order chi connectivity index (χ0) is 28.0. The molecule has 1 spiro atoms. The van der Waals surface area contributed by atoms with Gasteiger partial charge in [0.25, 0.3) is 5.91 Å². The number of para-hydroxylation sites is 2. The maximum Gasteiger partial charge on any atom is 0.325 e. The third-order valence-corrected chi connectivity index (χ3v) is 9.90. The van der Waals surface area contributed by atoms with E-state index in [2.05, 4.69) is 57.7 Å². The summed E-state index contributed by atoms with van der Waals surface area (Å²) in [5, 5.41) is 7.82. The first-order valence-electron chi connectivity index (χ1n) is 14.7. The van der Waals surface area contributed by atoms with Crippen molar-refractivity contribution in [3.8, 4) is 0 Å². The minimum atomic E-state index is -0.765. The number of anilines is 2. The molecular formula is C32H36N6O2S. The molecule has 1 unspecified atom stereocenters. The van der Waals surface area contributed by atoms with Crippen molar-refractivity contribution in [2.45, 2.75) is 44.6 Å². The van der Waals surface area contributed by atoms with Crippen LogP contribution in [0.25, 0.3) is 0 Å². The van der Waals surface area contributed by atoms with Crippen LogP contribution in [0.1, 0.15) is 40.8 Å². The lowest BCUT2D eigenvalue weighted by atomic mass is 9.78. The van der Waals surface area contributed by atoms with Gasteiger partial charge in [0.1, 0.15) is 16.4 Å².